The standard InChI is InChI=1S/C21H28F3N5O2/c1-15-5-7-20(8-6-15)18(30)29(19(31)26(20)2)14-27-9-11-28(12-10-27)17-4-3-16(13-25-17)21(22,23)24/h3-4,13,15H,5-12,14H2,1-2H3. The van der Waals surface area contributed by atoms with E-state index in [-0.39, 0.29) is 18.6 Å². The second kappa shape index (κ2) is 7.96. The van der Waals surface area contributed by atoms with Crippen LogP contribution < -0.4 is 4.90 Å². The van der Waals surface area contributed by atoms with E-state index >= 15 is 0 Å². The molecule has 1 saturated carbocycles. The van der Waals surface area contributed by atoms with Gasteiger partial charge in [-0.25, -0.2) is 14.7 Å². The van der Waals surface area contributed by atoms with Gasteiger partial charge >= 0.3 is 12.2 Å². The monoisotopic (exact) mass is 439 g/mol. The second-order valence-electron chi connectivity index (χ2n) is 8.94. The molecule has 3 heterocycles. The topological polar surface area (TPSA) is 60.0 Å². The van der Waals surface area contributed by atoms with Gasteiger partial charge in [0.2, 0.25) is 0 Å². The first kappa shape index (κ1) is 21.9. The number of hydrogen-bond donors (Lipinski definition) is 0. The fourth-order valence-corrected chi connectivity index (χ4v) is 4.82. The number of nitrogens with zero attached hydrogens (tertiary/aromatic N) is 5. The molecule has 1 aromatic rings. The first-order chi connectivity index (χ1) is 14.6. The van der Waals surface area contributed by atoms with Gasteiger partial charge in [0.1, 0.15) is 11.4 Å². The minimum Gasteiger partial charge on any atom is -0.354 e. The Morgan fingerprint density at radius 2 is 1.74 bits per heavy atom. The molecule has 1 aromatic heterocycles. The number of urea groups is 1. The van der Waals surface area contributed by atoms with Gasteiger partial charge in [0.25, 0.3) is 5.91 Å². The third-order valence-corrected chi connectivity index (χ3v) is 7.02. The average molecular weight is 439 g/mol. The lowest BCUT2D eigenvalue weighted by Crippen LogP contribution is -2.53. The number of carbonyl (C=O) groups is 2. The van der Waals surface area contributed by atoms with Crippen molar-refractivity contribution >= 4 is 17.8 Å². The summed E-state index contributed by atoms with van der Waals surface area (Å²) in [5.41, 5.74) is -1.47. The molecule has 1 aliphatic carbocycles. The van der Waals surface area contributed by atoms with Gasteiger partial charge < -0.3 is 9.80 Å². The van der Waals surface area contributed by atoms with Gasteiger partial charge in [0.05, 0.1) is 12.2 Å². The fraction of sp³-hybridized carbons (Fsp3) is 0.667. The summed E-state index contributed by atoms with van der Waals surface area (Å²) in [4.78, 5) is 36.9. The highest BCUT2D eigenvalue weighted by atomic mass is 19.4. The molecular formula is C21H28F3N5O2. The van der Waals surface area contributed by atoms with Crippen LogP contribution in [0, 0.1) is 5.92 Å². The summed E-state index contributed by atoms with van der Waals surface area (Å²) >= 11 is 0. The number of likely N-dealkylation sites (N-methyl/N-ethyl adjacent to an activating group) is 1. The van der Waals surface area contributed by atoms with Crippen molar-refractivity contribution in [1.82, 2.24) is 19.7 Å². The number of rotatable bonds is 3. The van der Waals surface area contributed by atoms with Crippen molar-refractivity contribution in [2.45, 2.75) is 44.3 Å². The third-order valence-electron chi connectivity index (χ3n) is 7.02. The number of piperazine rings is 1. The van der Waals surface area contributed by atoms with Gasteiger partial charge in [-0.1, -0.05) is 6.92 Å². The molecule has 3 aliphatic rings. The Morgan fingerprint density at radius 3 is 2.29 bits per heavy atom. The second-order valence-corrected chi connectivity index (χ2v) is 8.94. The molecule has 4 rings (SSSR count). The summed E-state index contributed by atoms with van der Waals surface area (Å²) in [5.74, 6) is 0.970. The molecule has 10 heteroatoms. The van der Waals surface area contributed by atoms with E-state index in [1.807, 2.05) is 9.80 Å². The van der Waals surface area contributed by atoms with Crippen LogP contribution in [0.1, 0.15) is 38.2 Å². The first-order valence-corrected chi connectivity index (χ1v) is 10.7. The number of aromatic nitrogens is 1. The summed E-state index contributed by atoms with van der Waals surface area (Å²) in [5, 5.41) is 0. The molecule has 0 radical (unpaired) electrons. The van der Waals surface area contributed by atoms with E-state index in [0.717, 1.165) is 25.1 Å². The molecule has 3 fully saturated rings. The van der Waals surface area contributed by atoms with Crippen LogP contribution in [-0.2, 0) is 11.0 Å². The molecule has 0 aromatic carbocycles. The number of hydrogen-bond acceptors (Lipinski definition) is 5. The van der Waals surface area contributed by atoms with E-state index in [9.17, 15) is 22.8 Å². The third kappa shape index (κ3) is 3.97. The molecule has 0 unspecified atom stereocenters. The summed E-state index contributed by atoms with van der Waals surface area (Å²) in [6, 6.07) is 2.18. The van der Waals surface area contributed by atoms with E-state index in [0.29, 0.717) is 50.8 Å². The Morgan fingerprint density at radius 1 is 1.10 bits per heavy atom. The lowest BCUT2D eigenvalue weighted by molar-refractivity contribution is -0.138. The zero-order valence-electron chi connectivity index (χ0n) is 17.9. The molecule has 0 N–H and O–H groups in total. The Bertz CT molecular complexity index is 828. The van der Waals surface area contributed by atoms with Crippen LogP contribution in [0.2, 0.25) is 0 Å². The van der Waals surface area contributed by atoms with Gasteiger partial charge in [-0.05, 0) is 43.7 Å². The van der Waals surface area contributed by atoms with Crippen LogP contribution in [0.15, 0.2) is 18.3 Å². The maximum absolute atomic E-state index is 13.2. The van der Waals surface area contributed by atoms with Crippen LogP contribution in [0.4, 0.5) is 23.8 Å². The van der Waals surface area contributed by atoms with Crippen LogP contribution in [0.3, 0.4) is 0 Å². The maximum Gasteiger partial charge on any atom is 0.417 e. The van der Waals surface area contributed by atoms with Crippen molar-refractivity contribution in [3.05, 3.63) is 23.9 Å². The van der Waals surface area contributed by atoms with Gasteiger partial charge in [0.15, 0.2) is 0 Å². The molecule has 1 spiro atoms. The average Bonchev–Trinajstić information content (AvgIpc) is 2.92. The van der Waals surface area contributed by atoms with Crippen LogP contribution in [-0.4, -0.2) is 77.1 Å². The van der Waals surface area contributed by atoms with Crippen molar-refractivity contribution in [3.8, 4) is 0 Å². The smallest absolute Gasteiger partial charge is 0.354 e. The van der Waals surface area contributed by atoms with E-state index < -0.39 is 17.3 Å². The molecular weight excluding hydrogens is 411 g/mol. The largest absolute Gasteiger partial charge is 0.417 e. The Balaban J connectivity index is 1.36. The van der Waals surface area contributed by atoms with Gasteiger partial charge in [0, 0.05) is 39.4 Å². The highest BCUT2D eigenvalue weighted by molar-refractivity contribution is 6.06. The number of amides is 3. The highest BCUT2D eigenvalue weighted by Gasteiger charge is 2.56. The Labute approximate surface area is 179 Å². The Kier molecular flexibility index (Phi) is 5.61. The van der Waals surface area contributed by atoms with Crippen molar-refractivity contribution in [2.75, 3.05) is 44.8 Å². The summed E-state index contributed by atoms with van der Waals surface area (Å²) in [6.45, 7) is 4.73. The molecule has 2 aliphatic heterocycles. The van der Waals surface area contributed by atoms with E-state index in [2.05, 4.69) is 11.9 Å². The number of carbonyl (C=O) groups excluding carboxylic acids is 2. The first-order valence-electron chi connectivity index (χ1n) is 10.7. The molecule has 3 amide bonds. The minimum atomic E-state index is -4.40. The lowest BCUT2D eigenvalue weighted by Gasteiger charge is -2.38. The number of alkyl halides is 3. The summed E-state index contributed by atoms with van der Waals surface area (Å²) in [6.07, 6.45) is -0.256. The SMILES string of the molecule is CC1CCC2(CC1)C(=O)N(CN1CCN(c3ccc(C(F)(F)F)cn3)CC1)C(=O)N2C. The van der Waals surface area contributed by atoms with Gasteiger partial charge in [-0.15, -0.1) is 0 Å². The summed E-state index contributed by atoms with van der Waals surface area (Å²) in [7, 11) is 1.73. The van der Waals surface area contributed by atoms with Crippen LogP contribution in [0.5, 0.6) is 0 Å². The van der Waals surface area contributed by atoms with Crippen molar-refractivity contribution in [2.24, 2.45) is 5.92 Å². The molecule has 0 atom stereocenters. The van der Waals surface area contributed by atoms with Gasteiger partial charge in [-0.2, -0.15) is 13.2 Å². The van der Waals surface area contributed by atoms with Crippen molar-refractivity contribution in [3.63, 3.8) is 0 Å². The predicted molar refractivity (Wildman–Crippen MR) is 108 cm³/mol. The number of pyridine rings is 1. The quantitative estimate of drug-likeness (QED) is 0.678. The van der Waals surface area contributed by atoms with Crippen molar-refractivity contribution in [1.29, 1.82) is 0 Å². The normalized spacial score (nSPS) is 28.2. The fourth-order valence-electron chi connectivity index (χ4n) is 4.82. The zero-order chi connectivity index (χ0) is 22.4. The Hall–Kier alpha value is -2.36. The van der Waals surface area contributed by atoms with Crippen LogP contribution in [0.25, 0.3) is 0 Å². The predicted octanol–water partition coefficient (Wildman–Crippen LogP) is 3.02. The van der Waals surface area contributed by atoms with Gasteiger partial charge in [-0.3, -0.25) is 9.69 Å². The molecule has 170 valence electrons. The molecule has 0 bridgehead atoms. The number of anilines is 1. The lowest BCUT2D eigenvalue weighted by atomic mass is 9.76. The van der Waals surface area contributed by atoms with Crippen LogP contribution >= 0.6 is 0 Å². The zero-order valence-corrected chi connectivity index (χ0v) is 17.9. The van der Waals surface area contributed by atoms with E-state index in [1.165, 1.54) is 11.0 Å². The van der Waals surface area contributed by atoms with E-state index in [4.69, 9.17) is 0 Å². The van der Waals surface area contributed by atoms with E-state index in [1.54, 1.807) is 11.9 Å². The molecule has 2 saturated heterocycles. The number of imide groups is 1. The molecule has 31 heavy (non-hydrogen) atoms. The minimum absolute atomic E-state index is 0.0984. The maximum atomic E-state index is 13.2. The number of halogens is 3. The highest BCUT2D eigenvalue weighted by Crippen LogP contribution is 2.41. The van der Waals surface area contributed by atoms with Crippen molar-refractivity contribution < 1.29 is 22.8 Å². The molecule has 7 nitrogen and oxygen atoms in total. The summed E-state index contributed by atoms with van der Waals surface area (Å²) < 4.78 is 38.2.